The van der Waals surface area contributed by atoms with Gasteiger partial charge >= 0.3 is 0 Å². The van der Waals surface area contributed by atoms with Gasteiger partial charge in [0.05, 0.1) is 6.61 Å². The summed E-state index contributed by atoms with van der Waals surface area (Å²) in [5.41, 5.74) is 7.35. The van der Waals surface area contributed by atoms with Gasteiger partial charge in [0.2, 0.25) is 5.88 Å². The van der Waals surface area contributed by atoms with Crippen molar-refractivity contribution in [2.24, 2.45) is 0 Å². The lowest BCUT2D eigenvalue weighted by Crippen LogP contribution is -1.97. The molecule has 0 amide bonds. The number of rotatable bonds is 5. The van der Waals surface area contributed by atoms with E-state index < -0.39 is 0 Å². The Morgan fingerprint density at radius 3 is 2.67 bits per heavy atom. The number of nitrogens with two attached hydrogens (primary N) is 1. The SMILES string of the molecule is CCCOc1cc(N)cc(Oc2cc(C)[nH]n2)c1. The maximum absolute atomic E-state index is 5.80. The van der Waals surface area contributed by atoms with Crippen molar-refractivity contribution in [3.8, 4) is 17.4 Å². The topological polar surface area (TPSA) is 73.2 Å². The summed E-state index contributed by atoms with van der Waals surface area (Å²) in [6.07, 6.45) is 0.948. The largest absolute Gasteiger partial charge is 0.493 e. The van der Waals surface area contributed by atoms with E-state index in [2.05, 4.69) is 17.1 Å². The zero-order valence-electron chi connectivity index (χ0n) is 10.6. The van der Waals surface area contributed by atoms with E-state index in [9.17, 15) is 0 Å². The summed E-state index contributed by atoms with van der Waals surface area (Å²) in [5.74, 6) is 1.84. The molecule has 1 aromatic carbocycles. The van der Waals surface area contributed by atoms with Crippen LogP contribution in [0, 0.1) is 6.92 Å². The van der Waals surface area contributed by atoms with Crippen LogP contribution in [0.4, 0.5) is 5.69 Å². The predicted molar refractivity (Wildman–Crippen MR) is 70.0 cm³/mol. The van der Waals surface area contributed by atoms with Crippen LogP contribution in [0.3, 0.4) is 0 Å². The molecule has 18 heavy (non-hydrogen) atoms. The average molecular weight is 247 g/mol. The van der Waals surface area contributed by atoms with E-state index in [-0.39, 0.29) is 0 Å². The number of H-pyrrole nitrogens is 1. The van der Waals surface area contributed by atoms with Crippen molar-refractivity contribution in [2.75, 3.05) is 12.3 Å². The molecule has 5 nitrogen and oxygen atoms in total. The van der Waals surface area contributed by atoms with E-state index in [1.165, 1.54) is 0 Å². The zero-order valence-corrected chi connectivity index (χ0v) is 10.6. The van der Waals surface area contributed by atoms with Crippen molar-refractivity contribution in [3.63, 3.8) is 0 Å². The van der Waals surface area contributed by atoms with Crippen LogP contribution in [0.2, 0.25) is 0 Å². The Morgan fingerprint density at radius 1 is 1.22 bits per heavy atom. The molecule has 0 spiro atoms. The maximum Gasteiger partial charge on any atom is 0.238 e. The van der Waals surface area contributed by atoms with Crippen LogP contribution in [0.1, 0.15) is 19.0 Å². The molecule has 2 rings (SSSR count). The summed E-state index contributed by atoms with van der Waals surface area (Å²) in [4.78, 5) is 0. The molecular formula is C13H17N3O2. The lowest BCUT2D eigenvalue weighted by molar-refractivity contribution is 0.316. The van der Waals surface area contributed by atoms with E-state index in [1.807, 2.05) is 13.0 Å². The van der Waals surface area contributed by atoms with Crippen LogP contribution in [0.15, 0.2) is 24.3 Å². The Balaban J connectivity index is 2.14. The summed E-state index contributed by atoms with van der Waals surface area (Å²) in [6, 6.07) is 7.13. The van der Waals surface area contributed by atoms with Crippen molar-refractivity contribution in [2.45, 2.75) is 20.3 Å². The van der Waals surface area contributed by atoms with Crippen molar-refractivity contribution in [3.05, 3.63) is 30.0 Å². The number of hydrogen-bond acceptors (Lipinski definition) is 4. The summed E-state index contributed by atoms with van der Waals surface area (Å²) >= 11 is 0. The fourth-order valence-electron chi connectivity index (χ4n) is 1.52. The molecule has 0 aliphatic heterocycles. The first-order valence-electron chi connectivity index (χ1n) is 5.90. The summed E-state index contributed by atoms with van der Waals surface area (Å²) in [5, 5.41) is 6.82. The second-order valence-corrected chi connectivity index (χ2v) is 4.08. The van der Waals surface area contributed by atoms with Gasteiger partial charge in [-0.2, -0.15) is 0 Å². The van der Waals surface area contributed by atoms with Crippen LogP contribution in [-0.4, -0.2) is 16.8 Å². The molecule has 0 bridgehead atoms. The number of anilines is 1. The Bertz CT molecular complexity index is 523. The molecule has 96 valence electrons. The number of nitrogens with zero attached hydrogens (tertiary/aromatic N) is 1. The highest BCUT2D eigenvalue weighted by atomic mass is 16.5. The van der Waals surface area contributed by atoms with Gasteiger partial charge in [-0.05, 0) is 13.3 Å². The summed E-state index contributed by atoms with van der Waals surface area (Å²) < 4.78 is 11.1. The molecule has 1 aromatic heterocycles. The van der Waals surface area contributed by atoms with Gasteiger partial charge in [-0.15, -0.1) is 5.10 Å². The van der Waals surface area contributed by atoms with Gasteiger partial charge in [-0.3, -0.25) is 5.10 Å². The number of nitrogens with one attached hydrogen (secondary N) is 1. The van der Waals surface area contributed by atoms with Gasteiger partial charge in [0.25, 0.3) is 0 Å². The molecule has 0 unspecified atom stereocenters. The van der Waals surface area contributed by atoms with E-state index in [0.717, 1.165) is 12.1 Å². The monoisotopic (exact) mass is 247 g/mol. The number of hydrogen-bond donors (Lipinski definition) is 2. The van der Waals surface area contributed by atoms with Crippen LogP contribution >= 0.6 is 0 Å². The number of aryl methyl sites for hydroxylation is 1. The van der Waals surface area contributed by atoms with Gasteiger partial charge in [-0.1, -0.05) is 6.92 Å². The lowest BCUT2D eigenvalue weighted by atomic mass is 10.3. The van der Waals surface area contributed by atoms with E-state index in [0.29, 0.717) is 29.7 Å². The molecule has 0 aliphatic carbocycles. The zero-order chi connectivity index (χ0) is 13.0. The highest BCUT2D eigenvalue weighted by molar-refractivity contribution is 5.51. The Morgan fingerprint density at radius 2 is 2.00 bits per heavy atom. The number of benzene rings is 1. The number of nitrogen functional groups attached to an aromatic ring is 1. The van der Waals surface area contributed by atoms with Crippen molar-refractivity contribution < 1.29 is 9.47 Å². The molecule has 2 aromatic rings. The second kappa shape index (κ2) is 5.44. The highest BCUT2D eigenvalue weighted by Crippen LogP contribution is 2.28. The van der Waals surface area contributed by atoms with E-state index >= 15 is 0 Å². The minimum absolute atomic E-state index is 0.513. The predicted octanol–water partition coefficient (Wildman–Crippen LogP) is 2.88. The maximum atomic E-state index is 5.80. The van der Waals surface area contributed by atoms with Gasteiger partial charge in [0.1, 0.15) is 11.5 Å². The molecule has 5 heteroatoms. The summed E-state index contributed by atoms with van der Waals surface area (Å²) in [7, 11) is 0. The lowest BCUT2D eigenvalue weighted by Gasteiger charge is -2.08. The molecule has 3 N–H and O–H groups in total. The third-order valence-electron chi connectivity index (χ3n) is 2.28. The molecular weight excluding hydrogens is 230 g/mol. The minimum atomic E-state index is 0.513. The minimum Gasteiger partial charge on any atom is -0.493 e. The first kappa shape index (κ1) is 12.3. The van der Waals surface area contributed by atoms with Crippen LogP contribution in [0.5, 0.6) is 17.4 Å². The van der Waals surface area contributed by atoms with Gasteiger partial charge < -0.3 is 15.2 Å². The smallest absolute Gasteiger partial charge is 0.238 e. The number of aromatic amines is 1. The molecule has 1 heterocycles. The van der Waals surface area contributed by atoms with Gasteiger partial charge in [0, 0.05) is 35.6 Å². The molecule has 0 atom stereocenters. The fraction of sp³-hybridized carbons (Fsp3) is 0.308. The first-order valence-corrected chi connectivity index (χ1v) is 5.90. The molecule has 0 saturated heterocycles. The van der Waals surface area contributed by atoms with Crippen LogP contribution < -0.4 is 15.2 Å². The third kappa shape index (κ3) is 3.16. The second-order valence-electron chi connectivity index (χ2n) is 4.08. The van der Waals surface area contributed by atoms with Crippen LogP contribution in [0.25, 0.3) is 0 Å². The fourth-order valence-corrected chi connectivity index (χ4v) is 1.52. The Labute approximate surface area is 106 Å². The molecule has 0 fully saturated rings. The summed E-state index contributed by atoms with van der Waals surface area (Å²) in [6.45, 7) is 4.62. The Hall–Kier alpha value is -2.17. The van der Waals surface area contributed by atoms with E-state index in [1.54, 1.807) is 18.2 Å². The number of ether oxygens (including phenoxy) is 2. The third-order valence-corrected chi connectivity index (χ3v) is 2.28. The van der Waals surface area contributed by atoms with Crippen LogP contribution in [-0.2, 0) is 0 Å². The van der Waals surface area contributed by atoms with Crippen molar-refractivity contribution in [1.82, 2.24) is 10.2 Å². The van der Waals surface area contributed by atoms with E-state index in [4.69, 9.17) is 15.2 Å². The molecule has 0 saturated carbocycles. The average Bonchev–Trinajstić information content (AvgIpc) is 2.71. The quantitative estimate of drug-likeness (QED) is 0.797. The normalized spacial score (nSPS) is 10.3. The first-order chi connectivity index (χ1) is 8.67. The highest BCUT2D eigenvalue weighted by Gasteiger charge is 2.04. The molecule has 0 aliphatic rings. The number of aromatic nitrogens is 2. The van der Waals surface area contributed by atoms with Gasteiger partial charge in [0.15, 0.2) is 0 Å². The standard InChI is InChI=1S/C13H17N3O2/c1-3-4-17-11-6-10(14)7-12(8-11)18-13-5-9(2)15-16-13/h5-8H,3-4,14H2,1-2H3,(H,15,16). The van der Waals surface area contributed by atoms with Crippen molar-refractivity contribution >= 4 is 5.69 Å². The van der Waals surface area contributed by atoms with Crippen molar-refractivity contribution in [1.29, 1.82) is 0 Å². The van der Waals surface area contributed by atoms with Gasteiger partial charge in [-0.25, -0.2) is 0 Å². The Kier molecular flexibility index (Phi) is 3.72. The molecule has 0 radical (unpaired) electrons.